The molecule has 220 valence electrons. The minimum Gasteiger partial charge on any atom is -0.492 e. The molecule has 0 saturated heterocycles. The van der Waals surface area contributed by atoms with E-state index in [1.807, 2.05) is 0 Å². The lowest BCUT2D eigenvalue weighted by Gasteiger charge is -2.33. The molecule has 1 aliphatic rings. The summed E-state index contributed by atoms with van der Waals surface area (Å²) < 4.78 is 26.2. The Balaban J connectivity index is 1.41. The van der Waals surface area contributed by atoms with Crippen LogP contribution in [0.25, 0.3) is 0 Å². The Hall–Kier alpha value is -2.97. The first-order valence-corrected chi connectivity index (χ1v) is 15.7. The first-order chi connectivity index (χ1) is 19.9. The van der Waals surface area contributed by atoms with E-state index >= 15 is 4.39 Å². The summed E-state index contributed by atoms with van der Waals surface area (Å²) >= 11 is 8.01. The van der Waals surface area contributed by atoms with Gasteiger partial charge in [0, 0.05) is 16.0 Å². The summed E-state index contributed by atoms with van der Waals surface area (Å²) in [6, 6.07) is 11.6. The van der Waals surface area contributed by atoms with Gasteiger partial charge in [-0.25, -0.2) is 4.39 Å². The Labute approximate surface area is 251 Å². The monoisotopic (exact) mass is 600 g/mol. The molecule has 0 saturated carbocycles. The molecule has 0 bridgehead atoms. The largest absolute Gasteiger partial charge is 0.492 e. The Morgan fingerprint density at radius 3 is 2.59 bits per heavy atom. The van der Waals surface area contributed by atoms with Crippen molar-refractivity contribution in [1.29, 1.82) is 0 Å². The summed E-state index contributed by atoms with van der Waals surface area (Å²) in [5.74, 6) is 0.166. The number of ether oxygens (including phenoxy) is 1. The number of nitrogens with one attached hydrogen (secondary N) is 1. The van der Waals surface area contributed by atoms with Crippen molar-refractivity contribution < 1.29 is 23.1 Å². The molecular formula is C32H38ClFN2O4S. The highest BCUT2D eigenvalue weighted by molar-refractivity contribution is 8.01. The molecule has 0 radical (unpaired) electrons. The minimum atomic E-state index is -0.497. The zero-order valence-corrected chi connectivity index (χ0v) is 25.3. The predicted octanol–water partition coefficient (Wildman–Crippen LogP) is 8.55. The first-order valence-electron chi connectivity index (χ1n) is 14.4. The van der Waals surface area contributed by atoms with Crippen LogP contribution in [0, 0.1) is 5.82 Å². The van der Waals surface area contributed by atoms with E-state index in [2.05, 4.69) is 12.2 Å². The molecule has 0 fully saturated rings. The third-order valence-corrected chi connectivity index (χ3v) is 8.71. The second-order valence-corrected chi connectivity index (χ2v) is 12.1. The number of rotatable bonds is 15. The number of hydrogen-bond acceptors (Lipinski definition) is 5. The van der Waals surface area contributed by atoms with Crippen molar-refractivity contribution in [2.45, 2.75) is 88.4 Å². The molecule has 41 heavy (non-hydrogen) atoms. The summed E-state index contributed by atoms with van der Waals surface area (Å²) in [6.07, 6.45) is 11.1. The third kappa shape index (κ3) is 8.29. The Bertz CT molecular complexity index is 1320. The zero-order chi connectivity index (χ0) is 29.2. The summed E-state index contributed by atoms with van der Waals surface area (Å²) in [4.78, 5) is 28.3. The smallest absolute Gasteiger partial charge is 0.251 e. The maximum Gasteiger partial charge on any atom is 0.251 e. The number of thioether (sulfide) groups is 1. The molecule has 0 aliphatic carbocycles. The van der Waals surface area contributed by atoms with Crippen molar-refractivity contribution in [3.05, 3.63) is 76.5 Å². The number of amides is 2. The number of carbonyl (C=O) groups is 2. The highest BCUT2D eigenvalue weighted by Crippen LogP contribution is 2.42. The van der Waals surface area contributed by atoms with Crippen molar-refractivity contribution >= 4 is 40.9 Å². The Morgan fingerprint density at radius 1 is 1.10 bits per heavy atom. The number of nitrogens with zero attached hydrogens (tertiary/aromatic N) is 1. The van der Waals surface area contributed by atoms with Gasteiger partial charge in [0.15, 0.2) is 0 Å². The van der Waals surface area contributed by atoms with E-state index in [1.54, 1.807) is 49.6 Å². The van der Waals surface area contributed by atoms with Gasteiger partial charge in [0.05, 0.1) is 41.9 Å². The van der Waals surface area contributed by atoms with E-state index < -0.39 is 11.1 Å². The summed E-state index contributed by atoms with van der Waals surface area (Å²) in [6.45, 7) is 4.75. The van der Waals surface area contributed by atoms with Crippen LogP contribution in [-0.4, -0.2) is 23.7 Å². The minimum absolute atomic E-state index is 0.0413. The van der Waals surface area contributed by atoms with Gasteiger partial charge in [0.25, 0.3) is 5.91 Å². The fraction of sp³-hybridized carbons (Fsp3) is 0.438. The van der Waals surface area contributed by atoms with Gasteiger partial charge in [-0.05, 0) is 55.8 Å². The molecule has 3 aromatic rings. The van der Waals surface area contributed by atoms with Crippen LogP contribution in [0.15, 0.2) is 58.0 Å². The lowest BCUT2D eigenvalue weighted by atomic mass is 10.1. The number of benzene rings is 2. The maximum atomic E-state index is 15.0. The molecular weight excluding hydrogens is 563 g/mol. The molecule has 9 heteroatoms. The molecule has 4 rings (SSSR count). The van der Waals surface area contributed by atoms with Crippen molar-refractivity contribution in [3.63, 3.8) is 0 Å². The van der Waals surface area contributed by atoms with E-state index in [9.17, 15) is 9.59 Å². The molecule has 1 atom stereocenters. The Kier molecular flexibility index (Phi) is 11.6. The van der Waals surface area contributed by atoms with Gasteiger partial charge in [-0.15, -0.1) is 11.8 Å². The van der Waals surface area contributed by atoms with E-state index in [4.69, 9.17) is 20.8 Å². The molecule has 6 nitrogen and oxygen atoms in total. The fourth-order valence-corrected chi connectivity index (χ4v) is 6.18. The number of furan rings is 1. The second kappa shape index (κ2) is 15.3. The Morgan fingerprint density at radius 2 is 1.85 bits per heavy atom. The molecule has 0 spiro atoms. The van der Waals surface area contributed by atoms with Crippen LogP contribution in [0.2, 0.25) is 5.02 Å². The van der Waals surface area contributed by atoms with Gasteiger partial charge < -0.3 is 19.4 Å². The molecule has 2 aromatic carbocycles. The standard InChI is InChI=1S/C32H38ClFN2O4S/c1-3-4-5-6-7-8-9-10-17-40-28-16-14-26(34)25(30(28)33)21-36-27-15-13-23(19-29(27)41-22(2)32(36)38)31(37)35-20-24-12-11-18-39-24/h11-16,18-19,22H,3-10,17,20-21H2,1-2H3,(H,35,37). The quantitative estimate of drug-likeness (QED) is 0.177. The van der Waals surface area contributed by atoms with Gasteiger partial charge in [0.1, 0.15) is 17.3 Å². The molecule has 2 heterocycles. The van der Waals surface area contributed by atoms with Crippen molar-refractivity contribution in [2.24, 2.45) is 0 Å². The summed E-state index contributed by atoms with van der Waals surface area (Å²) in [5, 5.41) is 2.60. The fourth-order valence-electron chi connectivity index (χ4n) is 4.81. The van der Waals surface area contributed by atoms with Gasteiger partial charge in [-0.3, -0.25) is 9.59 Å². The van der Waals surface area contributed by atoms with E-state index in [-0.39, 0.29) is 35.5 Å². The highest BCUT2D eigenvalue weighted by Gasteiger charge is 2.32. The van der Waals surface area contributed by atoms with E-state index in [0.717, 1.165) is 17.7 Å². The van der Waals surface area contributed by atoms with Crippen LogP contribution in [0.3, 0.4) is 0 Å². The number of carbonyl (C=O) groups excluding carboxylic acids is 2. The average molecular weight is 601 g/mol. The zero-order valence-electron chi connectivity index (χ0n) is 23.7. The number of halogens is 2. The summed E-state index contributed by atoms with van der Waals surface area (Å²) in [5.41, 5.74) is 1.28. The molecule has 2 amide bonds. The van der Waals surface area contributed by atoms with Crippen molar-refractivity contribution in [1.82, 2.24) is 5.32 Å². The van der Waals surface area contributed by atoms with Crippen LogP contribution in [-0.2, 0) is 17.9 Å². The van der Waals surface area contributed by atoms with Gasteiger partial charge >= 0.3 is 0 Å². The number of fused-ring (bicyclic) bond motifs is 1. The predicted molar refractivity (Wildman–Crippen MR) is 162 cm³/mol. The average Bonchev–Trinajstić information content (AvgIpc) is 3.49. The van der Waals surface area contributed by atoms with Gasteiger partial charge in [-0.2, -0.15) is 0 Å². The third-order valence-electron chi connectivity index (χ3n) is 7.16. The lowest BCUT2D eigenvalue weighted by Crippen LogP contribution is -2.39. The maximum absolute atomic E-state index is 15.0. The van der Waals surface area contributed by atoms with Crippen LogP contribution in [0.4, 0.5) is 10.1 Å². The van der Waals surface area contributed by atoms with Gasteiger partial charge in [0.2, 0.25) is 5.91 Å². The normalized spacial score (nSPS) is 14.7. The first kappa shape index (κ1) is 31.0. The van der Waals surface area contributed by atoms with E-state index in [0.29, 0.717) is 29.4 Å². The van der Waals surface area contributed by atoms with Crippen LogP contribution in [0.1, 0.15) is 86.9 Å². The number of unbranched alkanes of at least 4 members (excludes halogenated alkanes) is 7. The van der Waals surface area contributed by atoms with Crippen LogP contribution >= 0.6 is 23.4 Å². The lowest BCUT2D eigenvalue weighted by molar-refractivity contribution is -0.118. The summed E-state index contributed by atoms with van der Waals surface area (Å²) in [7, 11) is 0. The van der Waals surface area contributed by atoms with Crippen molar-refractivity contribution in [3.8, 4) is 5.75 Å². The van der Waals surface area contributed by atoms with Crippen molar-refractivity contribution in [2.75, 3.05) is 11.5 Å². The molecule has 1 N–H and O–H groups in total. The topological polar surface area (TPSA) is 71.8 Å². The molecule has 1 unspecified atom stereocenters. The second-order valence-electron chi connectivity index (χ2n) is 10.3. The van der Waals surface area contributed by atoms with Crippen LogP contribution in [0.5, 0.6) is 5.75 Å². The number of hydrogen-bond donors (Lipinski definition) is 1. The highest BCUT2D eigenvalue weighted by atomic mass is 35.5. The van der Waals surface area contributed by atoms with E-state index in [1.165, 1.54) is 61.3 Å². The molecule has 1 aliphatic heterocycles. The SMILES string of the molecule is CCCCCCCCCCOc1ccc(F)c(CN2C(=O)C(C)Sc3cc(C(=O)NCc4ccco4)ccc32)c1Cl. The molecule has 1 aromatic heterocycles. The number of anilines is 1. The van der Waals surface area contributed by atoms with Crippen LogP contribution < -0.4 is 15.0 Å². The van der Waals surface area contributed by atoms with Gasteiger partial charge in [-0.1, -0.05) is 63.5 Å².